The van der Waals surface area contributed by atoms with E-state index in [9.17, 15) is 0 Å². The number of hydrogen-bond acceptors (Lipinski definition) is 3. The molecule has 0 unspecified atom stereocenters. The van der Waals surface area contributed by atoms with Crippen LogP contribution in [-0.4, -0.2) is 4.98 Å². The van der Waals surface area contributed by atoms with E-state index in [4.69, 9.17) is 0 Å². The van der Waals surface area contributed by atoms with Crippen molar-refractivity contribution in [1.82, 2.24) is 4.98 Å². The number of rotatable bonds is 5. The van der Waals surface area contributed by atoms with Gasteiger partial charge in [0, 0.05) is 11.1 Å². The van der Waals surface area contributed by atoms with E-state index < -0.39 is 5.54 Å². The number of benzene rings is 3. The van der Waals surface area contributed by atoms with Gasteiger partial charge in [-0.15, -0.1) is 11.3 Å². The van der Waals surface area contributed by atoms with Crippen LogP contribution in [0.1, 0.15) is 21.6 Å². The largest absolute Gasteiger partial charge is 0.344 e. The van der Waals surface area contributed by atoms with Crippen molar-refractivity contribution in [3.63, 3.8) is 0 Å². The predicted molar refractivity (Wildman–Crippen MR) is 109 cm³/mol. The third-order valence-electron chi connectivity index (χ3n) is 4.47. The number of anilines is 1. The van der Waals surface area contributed by atoms with Crippen LogP contribution < -0.4 is 5.32 Å². The molecule has 2 nitrogen and oxygen atoms in total. The first-order valence-corrected chi connectivity index (χ1v) is 9.33. The van der Waals surface area contributed by atoms with Crippen molar-refractivity contribution in [1.29, 1.82) is 0 Å². The first-order valence-electron chi connectivity index (χ1n) is 8.51. The summed E-state index contributed by atoms with van der Waals surface area (Å²) in [6, 6.07) is 31.5. The van der Waals surface area contributed by atoms with Gasteiger partial charge in [0.05, 0.1) is 0 Å². The van der Waals surface area contributed by atoms with Gasteiger partial charge in [-0.25, -0.2) is 4.98 Å². The Balaban J connectivity index is 2.00. The summed E-state index contributed by atoms with van der Waals surface area (Å²) in [7, 11) is 0. The molecule has 0 atom stereocenters. The highest BCUT2D eigenvalue weighted by Gasteiger charge is 2.36. The monoisotopic (exact) mass is 355 g/mol. The lowest BCUT2D eigenvalue weighted by atomic mass is 9.77. The summed E-state index contributed by atoms with van der Waals surface area (Å²) in [6.45, 7) is 4.01. The number of nitrogens with zero attached hydrogens (tertiary/aromatic N) is 1. The van der Waals surface area contributed by atoms with Crippen molar-refractivity contribution in [2.24, 2.45) is 0 Å². The normalized spacial score (nSPS) is 11.3. The molecule has 0 amide bonds. The van der Waals surface area contributed by atoms with Crippen molar-refractivity contribution in [2.45, 2.75) is 5.54 Å². The Morgan fingerprint density at radius 2 is 1.12 bits per heavy atom. The van der Waals surface area contributed by atoms with Gasteiger partial charge < -0.3 is 5.32 Å². The van der Waals surface area contributed by atoms with E-state index in [1.165, 1.54) is 16.7 Å². The minimum Gasteiger partial charge on any atom is -0.344 e. The molecule has 4 aromatic rings. The molecule has 1 radical (unpaired) electrons. The highest BCUT2D eigenvalue weighted by atomic mass is 32.1. The van der Waals surface area contributed by atoms with Crippen LogP contribution in [0.2, 0.25) is 0 Å². The molecule has 0 saturated heterocycles. The van der Waals surface area contributed by atoms with Gasteiger partial charge in [-0.05, 0) is 23.6 Å². The summed E-state index contributed by atoms with van der Waals surface area (Å²) in [6.07, 6.45) is 1.80. The lowest BCUT2D eigenvalue weighted by molar-refractivity contribution is 0.710. The molecule has 0 fully saturated rings. The van der Waals surface area contributed by atoms with Crippen molar-refractivity contribution in [3.8, 4) is 0 Å². The fourth-order valence-corrected chi connectivity index (χ4v) is 3.97. The first-order chi connectivity index (χ1) is 12.8. The van der Waals surface area contributed by atoms with E-state index in [1.54, 1.807) is 17.5 Å². The van der Waals surface area contributed by atoms with Gasteiger partial charge in [0.25, 0.3) is 0 Å². The topological polar surface area (TPSA) is 24.9 Å². The number of thiazole rings is 1. The summed E-state index contributed by atoms with van der Waals surface area (Å²) in [5.74, 6) is 0. The zero-order chi connectivity index (χ0) is 17.8. The summed E-state index contributed by atoms with van der Waals surface area (Å²) >= 11 is 1.57. The van der Waals surface area contributed by atoms with Crippen LogP contribution >= 0.6 is 11.3 Å². The van der Waals surface area contributed by atoms with Crippen molar-refractivity contribution >= 4 is 16.5 Å². The van der Waals surface area contributed by atoms with E-state index in [-0.39, 0.29) is 0 Å². The van der Waals surface area contributed by atoms with E-state index in [0.29, 0.717) is 0 Å². The summed E-state index contributed by atoms with van der Waals surface area (Å²) in [5.41, 5.74) is 2.96. The Hall–Kier alpha value is -2.91. The lowest BCUT2D eigenvalue weighted by Crippen LogP contribution is -2.38. The van der Waals surface area contributed by atoms with Crippen LogP contribution in [0.3, 0.4) is 0 Å². The molecular weight excluding hydrogens is 336 g/mol. The fraction of sp³-hybridized carbons (Fsp3) is 0.0435. The standard InChI is InChI=1S/C23H19N2S/c1-18-17-24-22(26-18)25-23(19-11-5-2-6-12-19,20-13-7-3-8-14-20)21-15-9-4-10-16-21/h2-17H,1H2,(H,24,25). The third kappa shape index (κ3) is 3.02. The minimum absolute atomic E-state index is 0.534. The van der Waals surface area contributed by atoms with Crippen LogP contribution in [0, 0.1) is 6.92 Å². The molecule has 0 bridgehead atoms. The Morgan fingerprint density at radius 1 is 0.692 bits per heavy atom. The second-order valence-corrected chi connectivity index (χ2v) is 7.22. The van der Waals surface area contributed by atoms with Gasteiger partial charge >= 0.3 is 0 Å². The summed E-state index contributed by atoms with van der Waals surface area (Å²) < 4.78 is 0. The van der Waals surface area contributed by atoms with E-state index in [1.807, 2.05) is 18.2 Å². The zero-order valence-corrected chi connectivity index (χ0v) is 15.1. The molecule has 0 aliphatic carbocycles. The second-order valence-electron chi connectivity index (χ2n) is 6.10. The Morgan fingerprint density at radius 3 is 1.46 bits per heavy atom. The first kappa shape index (κ1) is 16.6. The van der Waals surface area contributed by atoms with Gasteiger partial charge in [0.2, 0.25) is 0 Å². The lowest BCUT2D eigenvalue weighted by Gasteiger charge is -2.36. The van der Waals surface area contributed by atoms with Gasteiger partial charge in [-0.2, -0.15) is 0 Å². The molecular formula is C23H19N2S. The molecule has 3 aromatic carbocycles. The fourth-order valence-electron chi connectivity index (χ4n) is 3.31. The average Bonchev–Trinajstić information content (AvgIpc) is 3.13. The maximum Gasteiger partial charge on any atom is 0.184 e. The summed E-state index contributed by atoms with van der Waals surface area (Å²) in [4.78, 5) is 5.46. The quantitative estimate of drug-likeness (QED) is 0.463. The molecule has 1 N–H and O–H groups in total. The van der Waals surface area contributed by atoms with Gasteiger partial charge in [-0.3, -0.25) is 0 Å². The SMILES string of the molecule is [CH2]c1cnc(NC(c2ccccc2)(c2ccccc2)c2ccccc2)s1. The molecule has 1 heterocycles. The van der Waals surface area contributed by atoms with Crippen molar-refractivity contribution < 1.29 is 0 Å². The highest BCUT2D eigenvalue weighted by Crippen LogP contribution is 2.40. The van der Waals surface area contributed by atoms with Crippen molar-refractivity contribution in [3.05, 3.63) is 126 Å². The molecule has 0 aliphatic heterocycles. The molecule has 1 aromatic heterocycles. The second kappa shape index (κ2) is 7.14. The van der Waals surface area contributed by atoms with Gasteiger partial charge in [0.1, 0.15) is 5.54 Å². The Labute approximate surface area is 158 Å². The minimum atomic E-state index is -0.534. The van der Waals surface area contributed by atoms with Gasteiger partial charge in [-0.1, -0.05) is 91.0 Å². The maximum absolute atomic E-state index is 4.52. The third-order valence-corrected chi connectivity index (χ3v) is 5.24. The highest BCUT2D eigenvalue weighted by molar-refractivity contribution is 7.15. The average molecular weight is 355 g/mol. The zero-order valence-electron chi connectivity index (χ0n) is 14.3. The molecule has 0 spiro atoms. The Kier molecular flexibility index (Phi) is 4.55. The van der Waals surface area contributed by atoms with Crippen molar-refractivity contribution in [2.75, 3.05) is 5.32 Å². The van der Waals surface area contributed by atoms with E-state index >= 15 is 0 Å². The molecule has 127 valence electrons. The number of nitrogens with one attached hydrogen (secondary N) is 1. The van der Waals surface area contributed by atoms with E-state index in [0.717, 1.165) is 10.0 Å². The van der Waals surface area contributed by atoms with Crippen LogP contribution in [0.15, 0.2) is 97.2 Å². The molecule has 3 heteroatoms. The van der Waals surface area contributed by atoms with E-state index in [2.05, 4.69) is 90.0 Å². The summed E-state index contributed by atoms with van der Waals surface area (Å²) in [5, 5.41) is 4.58. The smallest absolute Gasteiger partial charge is 0.184 e. The molecule has 26 heavy (non-hydrogen) atoms. The Bertz CT molecular complexity index is 866. The molecule has 4 rings (SSSR count). The molecule has 0 aliphatic rings. The molecule has 0 saturated carbocycles. The van der Waals surface area contributed by atoms with Crippen LogP contribution in [0.4, 0.5) is 5.13 Å². The maximum atomic E-state index is 4.52. The predicted octanol–water partition coefficient (Wildman–Crippen LogP) is 5.73. The number of aromatic nitrogens is 1. The van der Waals surface area contributed by atoms with Gasteiger partial charge in [0.15, 0.2) is 5.13 Å². The number of hydrogen-bond donors (Lipinski definition) is 1. The van der Waals surface area contributed by atoms with Crippen LogP contribution in [-0.2, 0) is 5.54 Å². The van der Waals surface area contributed by atoms with Crippen LogP contribution in [0.25, 0.3) is 0 Å². The van der Waals surface area contributed by atoms with Crippen LogP contribution in [0.5, 0.6) is 0 Å².